The highest BCUT2D eigenvalue weighted by Crippen LogP contribution is 2.33. The molecule has 16 heavy (non-hydrogen) atoms. The number of halogens is 1. The Morgan fingerprint density at radius 2 is 2.38 bits per heavy atom. The molecular formula is C11H16BrN3O. The van der Waals surface area contributed by atoms with Crippen LogP contribution in [0, 0.1) is 0 Å². The van der Waals surface area contributed by atoms with Crippen LogP contribution >= 0.6 is 15.9 Å². The third-order valence-corrected chi connectivity index (χ3v) is 3.51. The SMILES string of the molecule is CCCCN(c1nc[nH]c(=O)c1Br)C1CC1. The molecular weight excluding hydrogens is 270 g/mol. The van der Waals surface area contributed by atoms with Gasteiger partial charge in [-0.2, -0.15) is 0 Å². The van der Waals surface area contributed by atoms with Gasteiger partial charge in [0.15, 0.2) is 5.82 Å². The van der Waals surface area contributed by atoms with E-state index in [1.165, 1.54) is 19.2 Å². The van der Waals surface area contributed by atoms with E-state index in [-0.39, 0.29) is 5.56 Å². The van der Waals surface area contributed by atoms with Gasteiger partial charge in [0.25, 0.3) is 5.56 Å². The molecule has 0 aliphatic heterocycles. The third kappa shape index (κ3) is 2.45. The van der Waals surface area contributed by atoms with Crippen LogP contribution in [0.2, 0.25) is 0 Å². The van der Waals surface area contributed by atoms with Gasteiger partial charge >= 0.3 is 0 Å². The molecule has 5 heteroatoms. The quantitative estimate of drug-likeness (QED) is 0.903. The van der Waals surface area contributed by atoms with Crippen LogP contribution in [0.25, 0.3) is 0 Å². The van der Waals surface area contributed by atoms with Gasteiger partial charge in [-0.05, 0) is 35.2 Å². The van der Waals surface area contributed by atoms with Gasteiger partial charge < -0.3 is 9.88 Å². The molecule has 0 atom stereocenters. The molecule has 1 N–H and O–H groups in total. The summed E-state index contributed by atoms with van der Waals surface area (Å²) in [5, 5.41) is 0. The number of aromatic nitrogens is 2. The Labute approximate surface area is 103 Å². The lowest BCUT2D eigenvalue weighted by Crippen LogP contribution is -2.29. The summed E-state index contributed by atoms with van der Waals surface area (Å²) in [6.45, 7) is 3.15. The smallest absolute Gasteiger partial charge is 0.267 e. The summed E-state index contributed by atoms with van der Waals surface area (Å²) in [6, 6.07) is 0.581. The highest BCUT2D eigenvalue weighted by atomic mass is 79.9. The average molecular weight is 286 g/mol. The molecule has 88 valence electrons. The van der Waals surface area contributed by atoms with Crippen LogP contribution < -0.4 is 10.5 Å². The second-order valence-electron chi connectivity index (χ2n) is 4.15. The molecule has 1 aromatic rings. The zero-order valence-corrected chi connectivity index (χ0v) is 11.0. The second-order valence-corrected chi connectivity index (χ2v) is 4.94. The second kappa shape index (κ2) is 4.99. The van der Waals surface area contributed by atoms with E-state index in [0.29, 0.717) is 10.5 Å². The molecule has 0 amide bonds. The number of hydrogen-bond donors (Lipinski definition) is 1. The molecule has 0 bridgehead atoms. The predicted octanol–water partition coefficient (Wildman–Crippen LogP) is 2.30. The van der Waals surface area contributed by atoms with Crippen molar-refractivity contribution in [3.05, 3.63) is 21.2 Å². The van der Waals surface area contributed by atoms with Gasteiger partial charge in [-0.15, -0.1) is 0 Å². The van der Waals surface area contributed by atoms with E-state index >= 15 is 0 Å². The first-order chi connectivity index (χ1) is 7.74. The fraction of sp³-hybridized carbons (Fsp3) is 0.636. The van der Waals surface area contributed by atoms with Crippen molar-refractivity contribution in [2.45, 2.75) is 38.6 Å². The van der Waals surface area contributed by atoms with Crippen LogP contribution in [-0.4, -0.2) is 22.6 Å². The first-order valence-corrected chi connectivity index (χ1v) is 6.53. The third-order valence-electron chi connectivity index (χ3n) is 2.79. The van der Waals surface area contributed by atoms with Crippen molar-refractivity contribution in [2.24, 2.45) is 0 Å². The largest absolute Gasteiger partial charge is 0.352 e. The Kier molecular flexibility index (Phi) is 3.63. The number of nitrogens with one attached hydrogen (secondary N) is 1. The van der Waals surface area contributed by atoms with Crippen LogP contribution in [0.5, 0.6) is 0 Å². The van der Waals surface area contributed by atoms with Gasteiger partial charge in [0.05, 0.1) is 6.33 Å². The summed E-state index contributed by atoms with van der Waals surface area (Å²) in [6.07, 6.45) is 6.19. The molecule has 1 aliphatic carbocycles. The predicted molar refractivity (Wildman–Crippen MR) is 67.8 cm³/mol. The minimum atomic E-state index is -0.104. The summed E-state index contributed by atoms with van der Waals surface area (Å²) < 4.78 is 0.554. The molecule has 1 heterocycles. The fourth-order valence-corrected chi connectivity index (χ4v) is 2.19. The highest BCUT2D eigenvalue weighted by Gasteiger charge is 2.31. The Morgan fingerprint density at radius 3 is 3.00 bits per heavy atom. The van der Waals surface area contributed by atoms with Crippen LogP contribution in [0.1, 0.15) is 32.6 Å². The van der Waals surface area contributed by atoms with Gasteiger partial charge in [-0.3, -0.25) is 4.79 Å². The van der Waals surface area contributed by atoms with Gasteiger partial charge in [0, 0.05) is 12.6 Å². The topological polar surface area (TPSA) is 49.0 Å². The lowest BCUT2D eigenvalue weighted by Gasteiger charge is -2.23. The van der Waals surface area contributed by atoms with Crippen molar-refractivity contribution in [3.8, 4) is 0 Å². The van der Waals surface area contributed by atoms with Crippen LogP contribution in [0.15, 0.2) is 15.6 Å². The van der Waals surface area contributed by atoms with Gasteiger partial charge in [0.2, 0.25) is 0 Å². The minimum Gasteiger partial charge on any atom is -0.352 e. The Hall–Kier alpha value is -0.840. The number of aromatic amines is 1. The van der Waals surface area contributed by atoms with Gasteiger partial charge in [0.1, 0.15) is 4.47 Å². The van der Waals surface area contributed by atoms with Crippen molar-refractivity contribution in [1.82, 2.24) is 9.97 Å². The maximum atomic E-state index is 11.5. The summed E-state index contributed by atoms with van der Waals surface area (Å²) in [5.41, 5.74) is -0.104. The van der Waals surface area contributed by atoms with E-state index in [1.54, 1.807) is 0 Å². The fourth-order valence-electron chi connectivity index (χ4n) is 1.75. The van der Waals surface area contributed by atoms with Crippen molar-refractivity contribution < 1.29 is 0 Å². The van der Waals surface area contributed by atoms with Crippen LogP contribution in [0.4, 0.5) is 5.82 Å². The monoisotopic (exact) mass is 285 g/mol. The Bertz CT molecular complexity index is 414. The molecule has 0 unspecified atom stereocenters. The number of H-pyrrole nitrogens is 1. The number of hydrogen-bond acceptors (Lipinski definition) is 3. The zero-order chi connectivity index (χ0) is 11.5. The summed E-state index contributed by atoms with van der Waals surface area (Å²) >= 11 is 3.32. The molecule has 4 nitrogen and oxygen atoms in total. The summed E-state index contributed by atoms with van der Waals surface area (Å²) in [4.78, 5) is 20.6. The number of unbranched alkanes of at least 4 members (excludes halogenated alkanes) is 1. The minimum absolute atomic E-state index is 0.104. The highest BCUT2D eigenvalue weighted by molar-refractivity contribution is 9.10. The number of nitrogens with zero attached hydrogens (tertiary/aromatic N) is 2. The first kappa shape index (κ1) is 11.6. The van der Waals surface area contributed by atoms with Gasteiger partial charge in [-0.25, -0.2) is 4.98 Å². The average Bonchev–Trinajstić information content (AvgIpc) is 3.08. The molecule has 0 spiro atoms. The lowest BCUT2D eigenvalue weighted by molar-refractivity contribution is 0.701. The van der Waals surface area contributed by atoms with E-state index in [2.05, 4.69) is 37.7 Å². The first-order valence-electron chi connectivity index (χ1n) is 5.74. The summed E-state index contributed by atoms with van der Waals surface area (Å²) in [5.74, 6) is 0.791. The number of anilines is 1. The van der Waals surface area contributed by atoms with Crippen LogP contribution in [0.3, 0.4) is 0 Å². The van der Waals surface area contributed by atoms with Gasteiger partial charge in [-0.1, -0.05) is 13.3 Å². The molecule has 2 rings (SSSR count). The van der Waals surface area contributed by atoms with E-state index in [9.17, 15) is 4.79 Å². The summed E-state index contributed by atoms with van der Waals surface area (Å²) in [7, 11) is 0. The van der Waals surface area contributed by atoms with Crippen molar-refractivity contribution in [3.63, 3.8) is 0 Å². The maximum Gasteiger partial charge on any atom is 0.267 e. The molecule has 1 saturated carbocycles. The van der Waals surface area contributed by atoms with Crippen molar-refractivity contribution in [2.75, 3.05) is 11.4 Å². The van der Waals surface area contributed by atoms with E-state index in [1.807, 2.05) is 0 Å². The molecule has 1 aliphatic rings. The molecule has 0 radical (unpaired) electrons. The van der Waals surface area contributed by atoms with Crippen molar-refractivity contribution >= 4 is 21.7 Å². The lowest BCUT2D eigenvalue weighted by atomic mass is 10.3. The van der Waals surface area contributed by atoms with E-state index in [4.69, 9.17) is 0 Å². The molecule has 1 aromatic heterocycles. The van der Waals surface area contributed by atoms with E-state index in [0.717, 1.165) is 25.2 Å². The van der Waals surface area contributed by atoms with Crippen molar-refractivity contribution in [1.29, 1.82) is 0 Å². The number of rotatable bonds is 5. The zero-order valence-electron chi connectivity index (χ0n) is 9.37. The Morgan fingerprint density at radius 1 is 1.62 bits per heavy atom. The normalized spacial score (nSPS) is 15.1. The van der Waals surface area contributed by atoms with E-state index < -0.39 is 0 Å². The molecule has 0 aromatic carbocycles. The molecule has 0 saturated heterocycles. The van der Waals surface area contributed by atoms with Crippen LogP contribution in [-0.2, 0) is 0 Å². The maximum absolute atomic E-state index is 11.5. The standard InChI is InChI=1S/C11H16BrN3O/c1-2-3-6-15(8-4-5-8)10-9(12)11(16)14-7-13-10/h7-8H,2-6H2,1H3,(H,13,14,16). The Balaban J connectivity index is 2.24. The molecule has 1 fully saturated rings.